The topological polar surface area (TPSA) is 80.3 Å². The minimum Gasteiger partial charge on any atom is -0.442 e. The lowest BCUT2D eigenvalue weighted by molar-refractivity contribution is -0.235. The Morgan fingerprint density at radius 2 is 2.06 bits per heavy atom. The van der Waals surface area contributed by atoms with E-state index in [-0.39, 0.29) is 30.2 Å². The lowest BCUT2D eigenvalue weighted by Gasteiger charge is -2.50. The van der Waals surface area contributed by atoms with Crippen molar-refractivity contribution in [2.75, 3.05) is 54.9 Å². The van der Waals surface area contributed by atoms with Gasteiger partial charge in [-0.05, 0) is 18.2 Å². The molecule has 1 atom stereocenters. The highest BCUT2D eigenvalue weighted by Crippen LogP contribution is 2.46. The molecule has 3 saturated heterocycles. The van der Waals surface area contributed by atoms with Gasteiger partial charge in [0, 0.05) is 24.9 Å². The number of halogens is 1. The van der Waals surface area contributed by atoms with Crippen LogP contribution in [0.2, 0.25) is 0 Å². The standard InChI is InChI=1S/C21H28FN3O5S/c1-20(2)13-24(6-5-21(20)28-7-8-29-21)17-4-3-14(9-16(17)22)25-11-15(30-19(25)27)10-23-18(26)12-31/h3-4,9,15,31H,5-8,10-13H2,1-2H3,(H,23,26). The SMILES string of the molecule is CC1(C)CN(c2ccc(N3CC(CNC(=O)CS)OC3=O)cc2F)CCC12OCCO2. The highest BCUT2D eigenvalue weighted by molar-refractivity contribution is 7.81. The minimum atomic E-state index is -0.614. The summed E-state index contributed by atoms with van der Waals surface area (Å²) in [5, 5.41) is 2.64. The van der Waals surface area contributed by atoms with Crippen molar-refractivity contribution >= 4 is 36.0 Å². The Labute approximate surface area is 186 Å². The van der Waals surface area contributed by atoms with E-state index in [1.54, 1.807) is 12.1 Å². The van der Waals surface area contributed by atoms with E-state index in [0.717, 1.165) is 0 Å². The molecule has 1 aromatic carbocycles. The van der Waals surface area contributed by atoms with Crippen molar-refractivity contribution < 1.29 is 28.2 Å². The van der Waals surface area contributed by atoms with Gasteiger partial charge in [0.15, 0.2) is 5.79 Å². The number of piperidine rings is 1. The van der Waals surface area contributed by atoms with E-state index in [1.165, 1.54) is 11.0 Å². The van der Waals surface area contributed by atoms with Gasteiger partial charge < -0.3 is 24.4 Å². The van der Waals surface area contributed by atoms with Gasteiger partial charge in [0.1, 0.15) is 11.9 Å². The lowest BCUT2D eigenvalue weighted by Crippen LogP contribution is -2.58. The van der Waals surface area contributed by atoms with Gasteiger partial charge in [-0.2, -0.15) is 12.6 Å². The Balaban J connectivity index is 1.44. The number of carbonyl (C=O) groups is 2. The molecule has 3 fully saturated rings. The molecule has 10 heteroatoms. The molecule has 4 rings (SSSR count). The summed E-state index contributed by atoms with van der Waals surface area (Å²) in [5.74, 6) is -1.20. The summed E-state index contributed by atoms with van der Waals surface area (Å²) in [4.78, 5) is 27.0. The third-order valence-corrected chi connectivity index (χ3v) is 6.50. The van der Waals surface area contributed by atoms with E-state index < -0.39 is 23.8 Å². The first kappa shape index (κ1) is 22.2. The Bertz CT molecular complexity index is 861. The smallest absolute Gasteiger partial charge is 0.414 e. The van der Waals surface area contributed by atoms with Crippen LogP contribution in [0.1, 0.15) is 20.3 Å². The summed E-state index contributed by atoms with van der Waals surface area (Å²) in [6.07, 6.45) is -0.405. The first-order chi connectivity index (χ1) is 14.7. The summed E-state index contributed by atoms with van der Waals surface area (Å²) in [7, 11) is 0. The fraction of sp³-hybridized carbons (Fsp3) is 0.619. The number of ether oxygens (including phenoxy) is 3. The zero-order valence-corrected chi connectivity index (χ0v) is 18.6. The molecule has 3 heterocycles. The van der Waals surface area contributed by atoms with Crippen molar-refractivity contribution in [3.63, 3.8) is 0 Å². The van der Waals surface area contributed by atoms with Crippen LogP contribution in [-0.4, -0.2) is 69.0 Å². The fourth-order valence-corrected chi connectivity index (χ4v) is 4.65. The second-order valence-electron chi connectivity index (χ2n) is 8.72. The van der Waals surface area contributed by atoms with E-state index in [0.29, 0.717) is 44.1 Å². The zero-order chi connectivity index (χ0) is 22.2. The molecule has 1 spiro atoms. The van der Waals surface area contributed by atoms with Crippen LogP contribution in [0.5, 0.6) is 0 Å². The molecule has 2 amide bonds. The molecule has 170 valence electrons. The molecule has 31 heavy (non-hydrogen) atoms. The number of rotatable bonds is 5. The molecule has 0 aromatic heterocycles. The first-order valence-corrected chi connectivity index (χ1v) is 11.1. The summed E-state index contributed by atoms with van der Waals surface area (Å²) < 4.78 is 32.2. The maximum atomic E-state index is 15.1. The minimum absolute atomic E-state index is 0.0593. The number of cyclic esters (lactones) is 1. The van der Waals surface area contributed by atoms with Crippen LogP contribution in [0.3, 0.4) is 0 Å². The fourth-order valence-electron chi connectivity index (χ4n) is 4.54. The van der Waals surface area contributed by atoms with Gasteiger partial charge in [0.2, 0.25) is 5.91 Å². The number of carbonyl (C=O) groups excluding carboxylic acids is 2. The number of benzene rings is 1. The number of hydrogen-bond acceptors (Lipinski definition) is 7. The van der Waals surface area contributed by atoms with Crippen LogP contribution in [0.4, 0.5) is 20.6 Å². The largest absolute Gasteiger partial charge is 0.442 e. The average Bonchev–Trinajstić information content (AvgIpc) is 3.36. The molecule has 0 saturated carbocycles. The molecule has 0 aliphatic carbocycles. The van der Waals surface area contributed by atoms with Crippen molar-refractivity contribution in [2.24, 2.45) is 5.41 Å². The molecule has 3 aliphatic rings. The first-order valence-electron chi connectivity index (χ1n) is 10.4. The third-order valence-electron chi connectivity index (χ3n) is 6.21. The summed E-state index contributed by atoms with van der Waals surface area (Å²) in [6.45, 7) is 6.93. The summed E-state index contributed by atoms with van der Waals surface area (Å²) in [6, 6.07) is 4.76. The maximum Gasteiger partial charge on any atom is 0.414 e. The lowest BCUT2D eigenvalue weighted by atomic mass is 9.77. The second-order valence-corrected chi connectivity index (χ2v) is 9.04. The third kappa shape index (κ3) is 4.20. The van der Waals surface area contributed by atoms with Crippen LogP contribution >= 0.6 is 12.6 Å². The second kappa shape index (κ2) is 8.48. The van der Waals surface area contributed by atoms with Gasteiger partial charge in [0.25, 0.3) is 0 Å². The average molecular weight is 454 g/mol. The van der Waals surface area contributed by atoms with E-state index in [2.05, 4.69) is 31.8 Å². The van der Waals surface area contributed by atoms with Crippen LogP contribution in [0, 0.1) is 11.2 Å². The number of anilines is 2. The normalized spacial score (nSPS) is 24.5. The Kier molecular flexibility index (Phi) is 6.06. The highest BCUT2D eigenvalue weighted by Gasteiger charge is 2.53. The number of nitrogens with one attached hydrogen (secondary N) is 1. The molecular formula is C21H28FN3O5S. The quantitative estimate of drug-likeness (QED) is 0.666. The van der Waals surface area contributed by atoms with Gasteiger partial charge >= 0.3 is 6.09 Å². The zero-order valence-electron chi connectivity index (χ0n) is 17.7. The molecular weight excluding hydrogens is 425 g/mol. The molecule has 3 aliphatic heterocycles. The molecule has 8 nitrogen and oxygen atoms in total. The van der Waals surface area contributed by atoms with Crippen LogP contribution in [-0.2, 0) is 19.0 Å². The van der Waals surface area contributed by atoms with E-state index in [9.17, 15) is 9.59 Å². The molecule has 1 unspecified atom stereocenters. The number of thiol groups is 1. The van der Waals surface area contributed by atoms with Crippen molar-refractivity contribution in [2.45, 2.75) is 32.2 Å². The van der Waals surface area contributed by atoms with Crippen molar-refractivity contribution in [3.8, 4) is 0 Å². The number of amides is 2. The number of nitrogens with zero attached hydrogens (tertiary/aromatic N) is 2. The van der Waals surface area contributed by atoms with Gasteiger partial charge in [-0.15, -0.1) is 0 Å². The summed E-state index contributed by atoms with van der Waals surface area (Å²) in [5.41, 5.74) is 0.593. The molecule has 0 bridgehead atoms. The summed E-state index contributed by atoms with van der Waals surface area (Å²) >= 11 is 3.89. The molecule has 1 aromatic rings. The van der Waals surface area contributed by atoms with Crippen molar-refractivity contribution in [3.05, 3.63) is 24.0 Å². The predicted octanol–water partition coefficient (Wildman–Crippen LogP) is 2.18. The predicted molar refractivity (Wildman–Crippen MR) is 116 cm³/mol. The monoisotopic (exact) mass is 453 g/mol. The van der Waals surface area contributed by atoms with Gasteiger partial charge in [-0.1, -0.05) is 13.8 Å². The van der Waals surface area contributed by atoms with Crippen molar-refractivity contribution in [1.82, 2.24) is 5.32 Å². The molecule has 1 N–H and O–H groups in total. The van der Waals surface area contributed by atoms with Gasteiger partial charge in [0.05, 0.1) is 43.4 Å². The Morgan fingerprint density at radius 3 is 2.71 bits per heavy atom. The van der Waals surface area contributed by atoms with Gasteiger partial charge in [-0.25, -0.2) is 9.18 Å². The van der Waals surface area contributed by atoms with Crippen LogP contribution in [0.15, 0.2) is 18.2 Å². The van der Waals surface area contributed by atoms with E-state index in [1.807, 2.05) is 4.90 Å². The van der Waals surface area contributed by atoms with Crippen LogP contribution in [0.25, 0.3) is 0 Å². The van der Waals surface area contributed by atoms with Crippen LogP contribution < -0.4 is 15.1 Å². The number of hydrogen-bond donors (Lipinski definition) is 2. The van der Waals surface area contributed by atoms with Gasteiger partial charge in [-0.3, -0.25) is 9.69 Å². The Morgan fingerprint density at radius 1 is 1.32 bits per heavy atom. The molecule has 0 radical (unpaired) electrons. The maximum absolute atomic E-state index is 15.1. The van der Waals surface area contributed by atoms with Crippen molar-refractivity contribution in [1.29, 1.82) is 0 Å². The Hall–Kier alpha value is -2.04. The van der Waals surface area contributed by atoms with E-state index >= 15 is 4.39 Å². The highest BCUT2D eigenvalue weighted by atomic mass is 32.1. The van der Waals surface area contributed by atoms with E-state index in [4.69, 9.17) is 14.2 Å².